The standard InChI is InChI=1S/C15H23ClO/c1-5-11(3)10-14(16)13-9-12(4)7-8-15(13)17-6-2/h7-9,11,14H,5-6,10H2,1-4H3. The van der Waals surface area contributed by atoms with Crippen LogP contribution in [-0.4, -0.2) is 6.61 Å². The number of hydrogen-bond donors (Lipinski definition) is 0. The average molecular weight is 255 g/mol. The molecule has 0 saturated heterocycles. The Morgan fingerprint density at radius 1 is 1.29 bits per heavy atom. The van der Waals surface area contributed by atoms with Crippen LogP contribution in [0, 0.1) is 12.8 Å². The van der Waals surface area contributed by atoms with E-state index < -0.39 is 0 Å². The number of benzene rings is 1. The Bertz CT molecular complexity index is 349. The molecule has 0 aromatic heterocycles. The normalized spacial score (nSPS) is 14.4. The molecule has 1 aromatic carbocycles. The van der Waals surface area contributed by atoms with E-state index in [0.717, 1.165) is 17.7 Å². The van der Waals surface area contributed by atoms with Crippen molar-refractivity contribution in [2.75, 3.05) is 6.61 Å². The van der Waals surface area contributed by atoms with Crippen LogP contribution < -0.4 is 4.74 Å². The summed E-state index contributed by atoms with van der Waals surface area (Å²) in [6, 6.07) is 6.24. The fraction of sp³-hybridized carbons (Fsp3) is 0.600. The molecule has 17 heavy (non-hydrogen) atoms. The molecule has 0 saturated carbocycles. The Morgan fingerprint density at radius 2 is 2.00 bits per heavy atom. The molecule has 96 valence electrons. The van der Waals surface area contributed by atoms with Crippen molar-refractivity contribution in [2.24, 2.45) is 5.92 Å². The van der Waals surface area contributed by atoms with Gasteiger partial charge in [0.2, 0.25) is 0 Å². The predicted molar refractivity (Wildman–Crippen MR) is 75.0 cm³/mol. The smallest absolute Gasteiger partial charge is 0.123 e. The molecule has 0 aliphatic heterocycles. The van der Waals surface area contributed by atoms with Crippen molar-refractivity contribution in [1.29, 1.82) is 0 Å². The number of alkyl halides is 1. The Hall–Kier alpha value is -0.690. The molecule has 2 heteroatoms. The van der Waals surface area contributed by atoms with Gasteiger partial charge in [0.05, 0.1) is 12.0 Å². The molecular weight excluding hydrogens is 232 g/mol. The summed E-state index contributed by atoms with van der Waals surface area (Å²) in [5.41, 5.74) is 2.37. The minimum absolute atomic E-state index is 0.0476. The van der Waals surface area contributed by atoms with Gasteiger partial charge < -0.3 is 4.74 Å². The second kappa shape index (κ2) is 6.90. The van der Waals surface area contributed by atoms with Crippen LogP contribution in [0.4, 0.5) is 0 Å². The molecule has 0 amide bonds. The van der Waals surface area contributed by atoms with Crippen molar-refractivity contribution >= 4 is 11.6 Å². The Labute approximate surface area is 110 Å². The van der Waals surface area contributed by atoms with Crippen molar-refractivity contribution < 1.29 is 4.74 Å². The molecule has 2 unspecified atom stereocenters. The van der Waals surface area contributed by atoms with Crippen molar-refractivity contribution in [1.82, 2.24) is 0 Å². The van der Waals surface area contributed by atoms with E-state index in [1.807, 2.05) is 13.0 Å². The van der Waals surface area contributed by atoms with E-state index in [1.54, 1.807) is 0 Å². The molecule has 0 fully saturated rings. The lowest BCUT2D eigenvalue weighted by atomic mass is 9.97. The maximum atomic E-state index is 6.51. The van der Waals surface area contributed by atoms with Crippen LogP contribution in [0.3, 0.4) is 0 Å². The van der Waals surface area contributed by atoms with E-state index in [9.17, 15) is 0 Å². The van der Waals surface area contributed by atoms with E-state index in [-0.39, 0.29) is 5.38 Å². The van der Waals surface area contributed by atoms with Crippen LogP contribution in [0.2, 0.25) is 0 Å². The largest absolute Gasteiger partial charge is 0.494 e. The summed E-state index contributed by atoms with van der Waals surface area (Å²) in [6.45, 7) is 9.22. The number of hydrogen-bond acceptors (Lipinski definition) is 1. The van der Waals surface area contributed by atoms with Crippen LogP contribution in [0.5, 0.6) is 5.75 Å². The second-order valence-corrected chi connectivity index (χ2v) is 5.22. The molecule has 0 bridgehead atoms. The molecule has 0 aliphatic rings. The maximum absolute atomic E-state index is 6.51. The third kappa shape index (κ3) is 4.23. The molecular formula is C15H23ClO. The number of rotatable bonds is 6. The van der Waals surface area contributed by atoms with Gasteiger partial charge in [0.25, 0.3) is 0 Å². The third-order valence-corrected chi connectivity index (χ3v) is 3.52. The minimum Gasteiger partial charge on any atom is -0.494 e. The molecule has 0 heterocycles. The topological polar surface area (TPSA) is 9.23 Å². The highest BCUT2D eigenvalue weighted by Gasteiger charge is 2.16. The van der Waals surface area contributed by atoms with Gasteiger partial charge in [0.1, 0.15) is 5.75 Å². The summed E-state index contributed by atoms with van der Waals surface area (Å²) in [7, 11) is 0. The van der Waals surface area contributed by atoms with Crippen molar-refractivity contribution in [3.05, 3.63) is 29.3 Å². The first kappa shape index (κ1) is 14.4. The van der Waals surface area contributed by atoms with Crippen LogP contribution in [0.15, 0.2) is 18.2 Å². The molecule has 2 atom stereocenters. The summed E-state index contributed by atoms with van der Waals surface area (Å²) in [5.74, 6) is 1.58. The highest BCUT2D eigenvalue weighted by Crippen LogP contribution is 2.35. The van der Waals surface area contributed by atoms with E-state index in [2.05, 4.69) is 32.9 Å². The first-order valence-corrected chi connectivity index (χ1v) is 6.89. The number of aryl methyl sites for hydroxylation is 1. The molecule has 0 N–H and O–H groups in total. The first-order chi connectivity index (χ1) is 8.08. The van der Waals surface area contributed by atoms with Gasteiger partial charge in [-0.2, -0.15) is 0 Å². The van der Waals surface area contributed by atoms with Crippen LogP contribution in [-0.2, 0) is 0 Å². The first-order valence-electron chi connectivity index (χ1n) is 6.45. The van der Waals surface area contributed by atoms with E-state index in [4.69, 9.17) is 16.3 Å². The lowest BCUT2D eigenvalue weighted by Crippen LogP contribution is -2.03. The quantitative estimate of drug-likeness (QED) is 0.641. The predicted octanol–water partition coefficient (Wildman–Crippen LogP) is 5.11. The maximum Gasteiger partial charge on any atom is 0.123 e. The fourth-order valence-corrected chi connectivity index (χ4v) is 2.32. The van der Waals surface area contributed by atoms with Crippen LogP contribution in [0.25, 0.3) is 0 Å². The Morgan fingerprint density at radius 3 is 2.59 bits per heavy atom. The monoisotopic (exact) mass is 254 g/mol. The molecule has 0 radical (unpaired) electrons. The van der Waals surface area contributed by atoms with E-state index in [1.165, 1.54) is 12.0 Å². The minimum atomic E-state index is 0.0476. The molecule has 1 nitrogen and oxygen atoms in total. The lowest BCUT2D eigenvalue weighted by Gasteiger charge is -2.18. The zero-order chi connectivity index (χ0) is 12.8. The molecule has 0 spiro atoms. The van der Waals surface area contributed by atoms with Crippen molar-refractivity contribution in [3.8, 4) is 5.75 Å². The number of ether oxygens (including phenoxy) is 1. The zero-order valence-electron chi connectivity index (χ0n) is 11.3. The van der Waals surface area contributed by atoms with Gasteiger partial charge >= 0.3 is 0 Å². The Kier molecular flexibility index (Phi) is 5.84. The molecule has 0 aliphatic carbocycles. The van der Waals surface area contributed by atoms with Gasteiger partial charge in [-0.15, -0.1) is 11.6 Å². The lowest BCUT2D eigenvalue weighted by molar-refractivity contribution is 0.334. The zero-order valence-corrected chi connectivity index (χ0v) is 12.1. The van der Waals surface area contributed by atoms with Crippen LogP contribution >= 0.6 is 11.6 Å². The van der Waals surface area contributed by atoms with Gasteiger partial charge in [0, 0.05) is 5.56 Å². The summed E-state index contributed by atoms with van der Waals surface area (Å²) in [5, 5.41) is 0.0476. The van der Waals surface area contributed by atoms with Crippen molar-refractivity contribution in [2.45, 2.75) is 45.9 Å². The van der Waals surface area contributed by atoms with Crippen LogP contribution in [0.1, 0.15) is 50.1 Å². The van der Waals surface area contributed by atoms with Gasteiger partial charge in [0.15, 0.2) is 0 Å². The fourth-order valence-electron chi connectivity index (χ4n) is 1.85. The van der Waals surface area contributed by atoms with Gasteiger partial charge in [-0.05, 0) is 32.3 Å². The summed E-state index contributed by atoms with van der Waals surface area (Å²) in [4.78, 5) is 0. The summed E-state index contributed by atoms with van der Waals surface area (Å²) in [6.07, 6.45) is 2.17. The summed E-state index contributed by atoms with van der Waals surface area (Å²) >= 11 is 6.51. The van der Waals surface area contributed by atoms with E-state index in [0.29, 0.717) is 12.5 Å². The van der Waals surface area contributed by atoms with Crippen molar-refractivity contribution in [3.63, 3.8) is 0 Å². The SMILES string of the molecule is CCOc1ccc(C)cc1C(Cl)CC(C)CC. The van der Waals surface area contributed by atoms with Gasteiger partial charge in [-0.25, -0.2) is 0 Å². The third-order valence-electron chi connectivity index (χ3n) is 3.11. The highest BCUT2D eigenvalue weighted by molar-refractivity contribution is 6.21. The van der Waals surface area contributed by atoms with Gasteiger partial charge in [-0.1, -0.05) is 38.0 Å². The highest BCUT2D eigenvalue weighted by atomic mass is 35.5. The summed E-state index contributed by atoms with van der Waals surface area (Å²) < 4.78 is 5.64. The Balaban J connectivity index is 2.89. The van der Waals surface area contributed by atoms with E-state index >= 15 is 0 Å². The second-order valence-electron chi connectivity index (χ2n) is 4.69. The van der Waals surface area contributed by atoms with Gasteiger partial charge in [-0.3, -0.25) is 0 Å². The molecule has 1 rings (SSSR count). The number of halogens is 1. The molecule has 1 aromatic rings. The average Bonchev–Trinajstić information content (AvgIpc) is 2.31.